The van der Waals surface area contributed by atoms with Crippen molar-refractivity contribution in [2.24, 2.45) is 5.92 Å². The molecule has 0 aromatic heterocycles. The number of para-hydroxylation sites is 1. The number of amides is 4. The number of hydrogen-bond donors (Lipinski definition) is 2. The second kappa shape index (κ2) is 10.5. The number of anilines is 3. The fraction of sp³-hybridized carbons (Fsp3) is 0.423. The molecule has 3 aliphatic rings. The van der Waals surface area contributed by atoms with Gasteiger partial charge in [-0.05, 0) is 43.2 Å². The van der Waals surface area contributed by atoms with Gasteiger partial charge in [0.05, 0.1) is 24.5 Å². The van der Waals surface area contributed by atoms with E-state index < -0.39 is 5.82 Å². The van der Waals surface area contributed by atoms with Crippen molar-refractivity contribution in [1.82, 2.24) is 9.80 Å². The minimum absolute atomic E-state index is 0.0120. The minimum atomic E-state index is -0.482. The third-order valence-electron chi connectivity index (χ3n) is 6.76. The molecule has 2 aliphatic heterocycles. The van der Waals surface area contributed by atoms with Crippen LogP contribution in [0.2, 0.25) is 0 Å². The fourth-order valence-electron chi connectivity index (χ4n) is 4.49. The highest BCUT2D eigenvalue weighted by molar-refractivity contribution is 6.02. The molecule has 2 aromatic rings. The molecule has 10 heteroatoms. The molecular weight excluding hydrogens is 465 g/mol. The molecule has 36 heavy (non-hydrogen) atoms. The van der Waals surface area contributed by atoms with E-state index in [1.807, 2.05) is 12.1 Å². The molecule has 0 unspecified atom stereocenters. The molecule has 0 atom stereocenters. The summed E-state index contributed by atoms with van der Waals surface area (Å²) in [5, 5.41) is 5.56. The molecule has 0 bridgehead atoms. The molecule has 2 aromatic carbocycles. The van der Waals surface area contributed by atoms with Gasteiger partial charge in [0.2, 0.25) is 5.91 Å². The number of nitrogens with zero attached hydrogens (tertiary/aromatic N) is 3. The largest absolute Gasteiger partial charge is 0.378 e. The van der Waals surface area contributed by atoms with E-state index in [9.17, 15) is 18.8 Å². The topological polar surface area (TPSA) is 94.2 Å². The number of hydrogen-bond acceptors (Lipinski definition) is 5. The maximum absolute atomic E-state index is 13.9. The number of ether oxygens (including phenoxy) is 1. The summed E-state index contributed by atoms with van der Waals surface area (Å²) in [6.45, 7) is 3.90. The summed E-state index contributed by atoms with van der Waals surface area (Å²) in [5.41, 5.74) is 2.04. The van der Waals surface area contributed by atoms with E-state index in [0.29, 0.717) is 63.7 Å². The van der Waals surface area contributed by atoms with Gasteiger partial charge in [-0.3, -0.25) is 9.59 Å². The van der Waals surface area contributed by atoms with Crippen LogP contribution in [-0.4, -0.2) is 80.1 Å². The quantitative estimate of drug-likeness (QED) is 0.665. The average molecular weight is 496 g/mol. The van der Waals surface area contributed by atoms with E-state index in [0.717, 1.165) is 18.5 Å². The van der Waals surface area contributed by atoms with Crippen LogP contribution in [0, 0.1) is 11.7 Å². The summed E-state index contributed by atoms with van der Waals surface area (Å²) in [6, 6.07) is 11.2. The van der Waals surface area contributed by atoms with Crippen LogP contribution in [0.4, 0.5) is 26.2 Å². The zero-order valence-electron chi connectivity index (χ0n) is 20.0. The van der Waals surface area contributed by atoms with Crippen molar-refractivity contribution in [3.05, 3.63) is 53.8 Å². The Labute approximate surface area is 209 Å². The van der Waals surface area contributed by atoms with Gasteiger partial charge in [0.1, 0.15) is 5.82 Å². The van der Waals surface area contributed by atoms with Crippen molar-refractivity contribution < 1.29 is 23.5 Å². The Morgan fingerprint density at radius 2 is 1.58 bits per heavy atom. The summed E-state index contributed by atoms with van der Waals surface area (Å²) in [5.74, 6) is -0.533. The van der Waals surface area contributed by atoms with Crippen molar-refractivity contribution >= 4 is 34.9 Å². The summed E-state index contributed by atoms with van der Waals surface area (Å²) in [6.07, 6.45) is 1.80. The monoisotopic (exact) mass is 495 g/mol. The zero-order valence-corrected chi connectivity index (χ0v) is 20.0. The molecule has 9 nitrogen and oxygen atoms in total. The lowest BCUT2D eigenvalue weighted by Gasteiger charge is -2.37. The number of nitrogens with one attached hydrogen (secondary N) is 2. The van der Waals surface area contributed by atoms with Crippen LogP contribution in [0.3, 0.4) is 0 Å². The molecule has 190 valence electrons. The van der Waals surface area contributed by atoms with Crippen molar-refractivity contribution in [3.8, 4) is 0 Å². The molecule has 4 amide bonds. The van der Waals surface area contributed by atoms with Gasteiger partial charge < -0.3 is 30.1 Å². The predicted molar refractivity (Wildman–Crippen MR) is 134 cm³/mol. The van der Waals surface area contributed by atoms with Gasteiger partial charge in [-0.25, -0.2) is 9.18 Å². The first-order chi connectivity index (χ1) is 17.5. The van der Waals surface area contributed by atoms with Gasteiger partial charge in [0.15, 0.2) is 0 Å². The zero-order chi connectivity index (χ0) is 25.1. The summed E-state index contributed by atoms with van der Waals surface area (Å²) < 4.78 is 19.3. The first kappa shape index (κ1) is 24.1. The number of piperazine rings is 1. The number of morpholine rings is 1. The van der Waals surface area contributed by atoms with Crippen LogP contribution in [0.5, 0.6) is 0 Å². The van der Waals surface area contributed by atoms with E-state index >= 15 is 0 Å². The van der Waals surface area contributed by atoms with Crippen molar-refractivity contribution in [2.75, 3.05) is 68.0 Å². The van der Waals surface area contributed by atoms with Crippen LogP contribution < -0.4 is 15.5 Å². The van der Waals surface area contributed by atoms with Gasteiger partial charge in [0, 0.05) is 56.6 Å². The van der Waals surface area contributed by atoms with E-state index in [2.05, 4.69) is 15.5 Å². The van der Waals surface area contributed by atoms with Gasteiger partial charge in [-0.1, -0.05) is 12.1 Å². The highest BCUT2D eigenvalue weighted by atomic mass is 19.1. The molecule has 2 N–H and O–H groups in total. The number of carbonyl (C=O) groups is 3. The van der Waals surface area contributed by atoms with Gasteiger partial charge in [-0.2, -0.15) is 0 Å². The number of benzene rings is 2. The van der Waals surface area contributed by atoms with Crippen LogP contribution in [0.15, 0.2) is 42.5 Å². The normalized spacial score (nSPS) is 18.1. The molecule has 1 saturated carbocycles. The van der Waals surface area contributed by atoms with Crippen molar-refractivity contribution in [3.63, 3.8) is 0 Å². The average Bonchev–Trinajstić information content (AvgIpc) is 3.76. The summed E-state index contributed by atoms with van der Waals surface area (Å²) in [4.78, 5) is 43.9. The molecule has 0 radical (unpaired) electrons. The third-order valence-corrected chi connectivity index (χ3v) is 6.76. The molecule has 2 saturated heterocycles. The lowest BCUT2D eigenvalue weighted by Crippen LogP contribution is -2.50. The van der Waals surface area contributed by atoms with Crippen molar-refractivity contribution in [2.45, 2.75) is 12.8 Å². The molecular formula is C26H30FN5O4. The third kappa shape index (κ3) is 5.43. The Morgan fingerprint density at radius 3 is 2.28 bits per heavy atom. The van der Waals surface area contributed by atoms with Crippen LogP contribution in [0.25, 0.3) is 0 Å². The highest BCUT2D eigenvalue weighted by Crippen LogP contribution is 2.32. The Morgan fingerprint density at radius 1 is 0.861 bits per heavy atom. The second-order valence-corrected chi connectivity index (χ2v) is 9.28. The van der Waals surface area contributed by atoms with Gasteiger partial charge >= 0.3 is 6.03 Å². The molecule has 2 heterocycles. The first-order valence-electron chi connectivity index (χ1n) is 12.4. The van der Waals surface area contributed by atoms with Crippen LogP contribution >= 0.6 is 0 Å². The lowest BCUT2D eigenvalue weighted by molar-refractivity contribution is -0.117. The number of halogens is 1. The summed E-state index contributed by atoms with van der Waals surface area (Å²) in [7, 11) is 0. The molecule has 3 fully saturated rings. The Bertz CT molecular complexity index is 1140. The second-order valence-electron chi connectivity index (χ2n) is 9.28. The van der Waals surface area contributed by atoms with Gasteiger partial charge in [0.25, 0.3) is 5.91 Å². The fourth-order valence-corrected chi connectivity index (χ4v) is 4.49. The maximum Gasteiger partial charge on any atom is 0.322 e. The van der Waals surface area contributed by atoms with E-state index in [-0.39, 0.29) is 29.5 Å². The smallest absolute Gasteiger partial charge is 0.322 e. The number of carbonyl (C=O) groups excluding carboxylic acids is 3. The number of rotatable bonds is 5. The van der Waals surface area contributed by atoms with E-state index in [1.54, 1.807) is 28.0 Å². The van der Waals surface area contributed by atoms with E-state index in [1.165, 1.54) is 12.1 Å². The van der Waals surface area contributed by atoms with E-state index in [4.69, 9.17) is 4.74 Å². The van der Waals surface area contributed by atoms with Crippen molar-refractivity contribution in [1.29, 1.82) is 0 Å². The molecule has 0 spiro atoms. The van der Waals surface area contributed by atoms with Gasteiger partial charge in [-0.15, -0.1) is 0 Å². The maximum atomic E-state index is 13.9. The summed E-state index contributed by atoms with van der Waals surface area (Å²) >= 11 is 0. The lowest BCUT2D eigenvalue weighted by atomic mass is 10.1. The predicted octanol–water partition coefficient (Wildman–Crippen LogP) is 3.00. The Kier molecular flexibility index (Phi) is 7.04. The standard InChI is InChI=1S/C26H30FN5O4/c27-21-3-1-2-4-22(21)29-26(35)32-11-9-30(10-12-32)23-8-7-19(28-24(33)18-5-6-18)17-20(23)25(34)31-13-15-36-16-14-31/h1-4,7-8,17-18H,5-6,9-16H2,(H,28,33)(H,29,35). The molecule has 1 aliphatic carbocycles. The SMILES string of the molecule is O=C(Nc1ccc(N2CCN(C(=O)Nc3ccccc3F)CC2)c(C(=O)N2CCOCC2)c1)C1CC1. The molecule has 5 rings (SSSR count). The minimum Gasteiger partial charge on any atom is -0.378 e. The Balaban J connectivity index is 1.30. The van der Waals surface area contributed by atoms with Crippen LogP contribution in [0.1, 0.15) is 23.2 Å². The first-order valence-corrected chi connectivity index (χ1v) is 12.4. The number of urea groups is 1. The Hall–Kier alpha value is -3.66. The van der Waals surface area contributed by atoms with Crippen LogP contribution in [-0.2, 0) is 9.53 Å². The highest BCUT2D eigenvalue weighted by Gasteiger charge is 2.31.